The summed E-state index contributed by atoms with van der Waals surface area (Å²) >= 11 is 1.38. The first-order valence-electron chi connectivity index (χ1n) is 7.29. The SMILES string of the molecule is CCCN(C)c1nc(N)c(C(=O)NC2CCC(C)C2)s1. The molecule has 1 aliphatic rings. The maximum absolute atomic E-state index is 12.3. The van der Waals surface area contributed by atoms with Crippen LogP contribution in [0, 0.1) is 5.92 Å². The Morgan fingerprint density at radius 3 is 2.90 bits per heavy atom. The van der Waals surface area contributed by atoms with Crippen molar-refractivity contribution >= 4 is 28.2 Å². The first kappa shape index (κ1) is 15.1. The van der Waals surface area contributed by atoms with Gasteiger partial charge in [0.1, 0.15) is 10.7 Å². The predicted molar refractivity (Wildman–Crippen MR) is 84.4 cm³/mol. The van der Waals surface area contributed by atoms with Gasteiger partial charge >= 0.3 is 0 Å². The number of nitrogens with two attached hydrogens (primary N) is 1. The van der Waals surface area contributed by atoms with E-state index in [0.29, 0.717) is 16.6 Å². The summed E-state index contributed by atoms with van der Waals surface area (Å²) in [5, 5.41) is 3.90. The average molecular weight is 296 g/mol. The molecule has 0 spiro atoms. The van der Waals surface area contributed by atoms with Gasteiger partial charge < -0.3 is 16.0 Å². The van der Waals surface area contributed by atoms with Gasteiger partial charge in [0, 0.05) is 19.6 Å². The summed E-state index contributed by atoms with van der Waals surface area (Å²) in [6.45, 7) is 5.25. The third kappa shape index (κ3) is 3.42. The Kier molecular flexibility index (Phi) is 4.86. The van der Waals surface area contributed by atoms with Crippen LogP contribution < -0.4 is 16.0 Å². The molecule has 20 heavy (non-hydrogen) atoms. The molecule has 0 aromatic carbocycles. The molecule has 0 saturated heterocycles. The summed E-state index contributed by atoms with van der Waals surface area (Å²) in [7, 11) is 1.97. The molecule has 1 aromatic heterocycles. The Hall–Kier alpha value is -1.30. The number of carbonyl (C=O) groups excluding carboxylic acids is 1. The minimum absolute atomic E-state index is 0.0738. The lowest BCUT2D eigenvalue weighted by molar-refractivity contribution is 0.0942. The van der Waals surface area contributed by atoms with Crippen molar-refractivity contribution in [2.45, 2.75) is 45.6 Å². The zero-order valence-electron chi connectivity index (χ0n) is 12.5. The zero-order valence-corrected chi connectivity index (χ0v) is 13.3. The summed E-state index contributed by atoms with van der Waals surface area (Å²) in [5.41, 5.74) is 5.89. The molecular formula is C14H24N4OS. The first-order chi connectivity index (χ1) is 9.51. The van der Waals surface area contributed by atoms with Gasteiger partial charge in [0.05, 0.1) is 0 Å². The molecule has 2 unspecified atom stereocenters. The number of hydrogen-bond donors (Lipinski definition) is 2. The number of nitrogens with zero attached hydrogens (tertiary/aromatic N) is 2. The Bertz CT molecular complexity index is 474. The monoisotopic (exact) mass is 296 g/mol. The van der Waals surface area contributed by atoms with Gasteiger partial charge in [-0.3, -0.25) is 4.79 Å². The van der Waals surface area contributed by atoms with Crippen LogP contribution in [0.5, 0.6) is 0 Å². The Morgan fingerprint density at radius 1 is 1.55 bits per heavy atom. The third-order valence-corrected chi connectivity index (χ3v) is 4.95. The number of rotatable bonds is 5. The van der Waals surface area contributed by atoms with Gasteiger partial charge in [-0.2, -0.15) is 0 Å². The minimum atomic E-state index is -0.0738. The first-order valence-corrected chi connectivity index (χ1v) is 8.11. The van der Waals surface area contributed by atoms with Gasteiger partial charge in [-0.15, -0.1) is 0 Å². The average Bonchev–Trinajstić information content (AvgIpc) is 2.96. The van der Waals surface area contributed by atoms with Crippen molar-refractivity contribution in [1.82, 2.24) is 10.3 Å². The molecular weight excluding hydrogens is 272 g/mol. The molecule has 1 heterocycles. The molecule has 1 aromatic rings. The normalized spacial score (nSPS) is 21.9. The smallest absolute Gasteiger partial charge is 0.265 e. The van der Waals surface area contributed by atoms with Crippen molar-refractivity contribution in [2.75, 3.05) is 24.2 Å². The van der Waals surface area contributed by atoms with E-state index in [1.54, 1.807) is 0 Å². The van der Waals surface area contributed by atoms with Crippen LogP contribution in [0.2, 0.25) is 0 Å². The van der Waals surface area contributed by atoms with Crippen LogP contribution in [0.1, 0.15) is 49.2 Å². The van der Waals surface area contributed by atoms with Crippen molar-refractivity contribution in [3.63, 3.8) is 0 Å². The van der Waals surface area contributed by atoms with E-state index in [2.05, 4.69) is 24.1 Å². The van der Waals surface area contributed by atoms with Crippen LogP contribution in [0.4, 0.5) is 10.9 Å². The van der Waals surface area contributed by atoms with E-state index >= 15 is 0 Å². The van der Waals surface area contributed by atoms with Gasteiger partial charge in [-0.25, -0.2) is 4.98 Å². The van der Waals surface area contributed by atoms with E-state index in [-0.39, 0.29) is 11.9 Å². The molecule has 0 radical (unpaired) electrons. The second-order valence-electron chi connectivity index (χ2n) is 5.72. The van der Waals surface area contributed by atoms with Crippen LogP contribution in [-0.2, 0) is 0 Å². The summed E-state index contributed by atoms with van der Waals surface area (Å²) in [5.74, 6) is 0.970. The second kappa shape index (κ2) is 6.43. The number of nitrogen functional groups attached to an aromatic ring is 1. The second-order valence-corrected chi connectivity index (χ2v) is 6.70. The van der Waals surface area contributed by atoms with E-state index in [1.807, 2.05) is 11.9 Å². The number of nitrogens with one attached hydrogen (secondary N) is 1. The van der Waals surface area contributed by atoms with Gasteiger partial charge in [0.15, 0.2) is 5.13 Å². The maximum atomic E-state index is 12.3. The maximum Gasteiger partial charge on any atom is 0.265 e. The molecule has 1 aliphatic carbocycles. The fourth-order valence-electron chi connectivity index (χ4n) is 2.67. The van der Waals surface area contributed by atoms with Gasteiger partial charge in [0.25, 0.3) is 5.91 Å². The highest BCUT2D eigenvalue weighted by Gasteiger charge is 2.25. The van der Waals surface area contributed by atoms with E-state index in [4.69, 9.17) is 5.73 Å². The molecule has 5 nitrogen and oxygen atoms in total. The largest absolute Gasteiger partial charge is 0.382 e. The summed E-state index contributed by atoms with van der Waals surface area (Å²) < 4.78 is 0. The van der Waals surface area contributed by atoms with E-state index in [0.717, 1.165) is 30.9 Å². The van der Waals surface area contributed by atoms with Crippen LogP contribution >= 0.6 is 11.3 Å². The summed E-state index contributed by atoms with van der Waals surface area (Å²) in [6, 6.07) is 0.288. The lowest BCUT2D eigenvalue weighted by atomic mass is 10.1. The van der Waals surface area contributed by atoms with E-state index in [9.17, 15) is 4.79 Å². The number of carbonyl (C=O) groups is 1. The molecule has 2 atom stereocenters. The summed E-state index contributed by atoms with van der Waals surface area (Å²) in [6.07, 6.45) is 4.35. The molecule has 1 amide bonds. The number of anilines is 2. The zero-order chi connectivity index (χ0) is 14.7. The Morgan fingerprint density at radius 2 is 2.30 bits per heavy atom. The molecule has 0 bridgehead atoms. The molecule has 2 rings (SSSR count). The van der Waals surface area contributed by atoms with Crippen LogP contribution in [-0.4, -0.2) is 30.5 Å². The van der Waals surface area contributed by atoms with Crippen molar-refractivity contribution in [3.8, 4) is 0 Å². The number of hydrogen-bond acceptors (Lipinski definition) is 5. The highest BCUT2D eigenvalue weighted by atomic mass is 32.1. The standard InChI is InChI=1S/C14H24N4OS/c1-4-7-18(3)14-17-12(15)11(20-14)13(19)16-10-6-5-9(2)8-10/h9-10H,4-8,15H2,1-3H3,(H,16,19). The van der Waals surface area contributed by atoms with Crippen molar-refractivity contribution in [1.29, 1.82) is 0 Å². The molecule has 3 N–H and O–H groups in total. The van der Waals surface area contributed by atoms with Gasteiger partial charge in [-0.1, -0.05) is 25.2 Å². The third-order valence-electron chi connectivity index (χ3n) is 3.76. The highest BCUT2D eigenvalue weighted by Crippen LogP contribution is 2.29. The minimum Gasteiger partial charge on any atom is -0.382 e. The molecule has 6 heteroatoms. The van der Waals surface area contributed by atoms with Crippen molar-refractivity contribution in [2.24, 2.45) is 5.92 Å². The lowest BCUT2D eigenvalue weighted by Gasteiger charge is -2.13. The lowest BCUT2D eigenvalue weighted by Crippen LogP contribution is -2.32. The number of aromatic nitrogens is 1. The van der Waals surface area contributed by atoms with Crippen molar-refractivity contribution in [3.05, 3.63) is 4.88 Å². The Labute approximate surface area is 124 Å². The fourth-order valence-corrected chi connectivity index (χ4v) is 3.54. The van der Waals surface area contributed by atoms with Crippen molar-refractivity contribution < 1.29 is 4.79 Å². The van der Waals surface area contributed by atoms with Crippen LogP contribution in [0.15, 0.2) is 0 Å². The predicted octanol–water partition coefficient (Wildman–Crippen LogP) is 2.49. The molecule has 1 saturated carbocycles. The number of amides is 1. The molecule has 0 aliphatic heterocycles. The van der Waals surface area contributed by atoms with Gasteiger partial charge in [-0.05, 0) is 31.6 Å². The van der Waals surface area contributed by atoms with Crippen LogP contribution in [0.3, 0.4) is 0 Å². The number of thiazole rings is 1. The van der Waals surface area contributed by atoms with Gasteiger partial charge in [0.2, 0.25) is 0 Å². The Balaban J connectivity index is 2.02. The topological polar surface area (TPSA) is 71.2 Å². The van der Waals surface area contributed by atoms with E-state index in [1.165, 1.54) is 17.8 Å². The highest BCUT2D eigenvalue weighted by molar-refractivity contribution is 7.18. The fraction of sp³-hybridized carbons (Fsp3) is 0.714. The summed E-state index contributed by atoms with van der Waals surface area (Å²) in [4.78, 5) is 19.2. The van der Waals surface area contributed by atoms with E-state index < -0.39 is 0 Å². The molecule has 112 valence electrons. The van der Waals surface area contributed by atoms with Crippen LogP contribution in [0.25, 0.3) is 0 Å². The quantitative estimate of drug-likeness (QED) is 0.875. The molecule has 1 fully saturated rings.